The fourth-order valence-electron chi connectivity index (χ4n) is 4.32. The van der Waals surface area contributed by atoms with E-state index in [1.54, 1.807) is 35.0 Å². The minimum absolute atomic E-state index is 0.0642. The number of amides is 1. The van der Waals surface area contributed by atoms with Crippen molar-refractivity contribution in [2.24, 2.45) is 0 Å². The van der Waals surface area contributed by atoms with Gasteiger partial charge in [0.15, 0.2) is 11.5 Å². The summed E-state index contributed by atoms with van der Waals surface area (Å²) in [5.74, 6) is -0.140. The molecule has 2 aliphatic rings. The van der Waals surface area contributed by atoms with Crippen molar-refractivity contribution >= 4 is 11.7 Å². The van der Waals surface area contributed by atoms with Crippen LogP contribution in [0.5, 0.6) is 11.5 Å². The topological polar surface area (TPSA) is 82.5 Å². The van der Waals surface area contributed by atoms with Crippen molar-refractivity contribution in [1.29, 1.82) is 0 Å². The number of nitrogens with zero attached hydrogens (tertiary/aromatic N) is 2. The highest BCUT2D eigenvalue weighted by Gasteiger charge is 2.53. The van der Waals surface area contributed by atoms with E-state index >= 15 is 0 Å². The van der Waals surface area contributed by atoms with Crippen LogP contribution >= 0.6 is 0 Å². The van der Waals surface area contributed by atoms with Crippen LogP contribution in [0.3, 0.4) is 0 Å². The van der Waals surface area contributed by atoms with E-state index in [0.717, 1.165) is 11.1 Å². The molecule has 1 N–H and O–H groups in total. The van der Waals surface area contributed by atoms with Crippen molar-refractivity contribution in [3.05, 3.63) is 69.6 Å². The number of carbonyl (C=O) groups excluding carboxylic acids is 1. The Morgan fingerprint density at radius 2 is 1.85 bits per heavy atom. The van der Waals surface area contributed by atoms with E-state index in [9.17, 15) is 18.4 Å². The van der Waals surface area contributed by atoms with Gasteiger partial charge in [-0.25, -0.2) is 4.98 Å². The molecule has 1 aliphatic heterocycles. The number of aromatic nitrogens is 2. The predicted octanol–water partition coefficient (Wildman–Crippen LogP) is 4.54. The number of halogens is 2. The molecule has 0 spiro atoms. The van der Waals surface area contributed by atoms with E-state index in [1.807, 2.05) is 20.8 Å². The molecule has 3 heterocycles. The second kappa shape index (κ2) is 7.65. The van der Waals surface area contributed by atoms with Crippen molar-refractivity contribution in [3.63, 3.8) is 0 Å². The smallest absolute Gasteiger partial charge is 0.395 e. The van der Waals surface area contributed by atoms with Crippen LogP contribution in [0.15, 0.2) is 47.4 Å². The minimum Gasteiger partial charge on any atom is -0.395 e. The van der Waals surface area contributed by atoms with E-state index in [1.165, 1.54) is 12.1 Å². The Morgan fingerprint density at radius 1 is 1.12 bits per heavy atom. The summed E-state index contributed by atoms with van der Waals surface area (Å²) in [6.45, 7) is 6.20. The van der Waals surface area contributed by atoms with Crippen molar-refractivity contribution in [1.82, 2.24) is 9.55 Å². The molecule has 1 amide bonds. The lowest BCUT2D eigenvalue weighted by Gasteiger charge is -2.17. The Bertz CT molecular complexity index is 1380. The number of rotatable bonds is 5. The number of anilines is 1. The van der Waals surface area contributed by atoms with Crippen LogP contribution in [-0.2, 0) is 16.8 Å². The standard InChI is InChI=1S/C25H23F2N3O4/c1-4-30-13-14(2)11-17(22(30)31)21-15(3)5-8-20(28-21)29-23(32)24(9-10-24)16-6-7-18-19(12-16)34-25(26,27)33-18/h5-8,11-13H,4,9-10H2,1-3H3,(H,28,29,32). The molecule has 1 aliphatic carbocycles. The number of hydrogen-bond acceptors (Lipinski definition) is 5. The average molecular weight is 467 g/mol. The zero-order valence-electron chi connectivity index (χ0n) is 18.9. The van der Waals surface area contributed by atoms with Crippen LogP contribution in [-0.4, -0.2) is 21.8 Å². The number of pyridine rings is 2. The molecule has 2 aromatic heterocycles. The molecule has 0 saturated heterocycles. The molecule has 34 heavy (non-hydrogen) atoms. The molecule has 176 valence electrons. The van der Waals surface area contributed by atoms with Crippen LogP contribution in [0.2, 0.25) is 0 Å². The molecule has 1 aromatic carbocycles. The van der Waals surface area contributed by atoms with Gasteiger partial charge in [-0.05, 0) is 74.6 Å². The molecular weight excluding hydrogens is 444 g/mol. The molecule has 1 fully saturated rings. The first kappa shape index (κ1) is 22.1. The molecule has 9 heteroatoms. The lowest BCUT2D eigenvalue weighted by Crippen LogP contribution is -2.28. The van der Waals surface area contributed by atoms with Crippen LogP contribution in [0.25, 0.3) is 11.3 Å². The number of hydrogen-bond donors (Lipinski definition) is 1. The van der Waals surface area contributed by atoms with Gasteiger partial charge in [-0.1, -0.05) is 12.1 Å². The Morgan fingerprint density at radius 3 is 2.56 bits per heavy atom. The monoisotopic (exact) mass is 467 g/mol. The van der Waals surface area contributed by atoms with Gasteiger partial charge in [0.2, 0.25) is 5.91 Å². The van der Waals surface area contributed by atoms with Crippen LogP contribution in [0, 0.1) is 13.8 Å². The fraction of sp³-hybridized carbons (Fsp3) is 0.320. The van der Waals surface area contributed by atoms with E-state index in [-0.39, 0.29) is 23.0 Å². The maximum Gasteiger partial charge on any atom is 0.586 e. The number of benzene rings is 1. The Labute approximate surface area is 194 Å². The van der Waals surface area contributed by atoms with Gasteiger partial charge in [-0.15, -0.1) is 8.78 Å². The van der Waals surface area contributed by atoms with Gasteiger partial charge in [-0.2, -0.15) is 0 Å². The van der Waals surface area contributed by atoms with Crippen LogP contribution < -0.4 is 20.3 Å². The van der Waals surface area contributed by atoms with Crippen molar-refractivity contribution in [2.75, 3.05) is 5.32 Å². The summed E-state index contributed by atoms with van der Waals surface area (Å²) in [5.41, 5.74) is 2.27. The molecule has 0 bridgehead atoms. The fourth-order valence-corrected chi connectivity index (χ4v) is 4.32. The normalized spacial score (nSPS) is 16.9. The molecule has 0 unspecified atom stereocenters. The molecule has 0 atom stereocenters. The lowest BCUT2D eigenvalue weighted by molar-refractivity contribution is -0.286. The predicted molar refractivity (Wildman–Crippen MR) is 121 cm³/mol. The zero-order chi connectivity index (χ0) is 24.3. The number of ether oxygens (including phenoxy) is 2. The Kier molecular flexibility index (Phi) is 4.96. The summed E-state index contributed by atoms with van der Waals surface area (Å²) >= 11 is 0. The molecule has 7 nitrogen and oxygen atoms in total. The van der Waals surface area contributed by atoms with E-state index in [0.29, 0.717) is 42.0 Å². The summed E-state index contributed by atoms with van der Waals surface area (Å²) in [5, 5.41) is 2.85. The summed E-state index contributed by atoms with van der Waals surface area (Å²) in [7, 11) is 0. The van der Waals surface area contributed by atoms with Gasteiger partial charge < -0.3 is 19.4 Å². The first-order valence-electron chi connectivity index (χ1n) is 11.0. The van der Waals surface area contributed by atoms with E-state index < -0.39 is 11.7 Å². The van der Waals surface area contributed by atoms with Crippen LogP contribution in [0.4, 0.5) is 14.6 Å². The molecular formula is C25H23F2N3O4. The number of alkyl halides is 2. The summed E-state index contributed by atoms with van der Waals surface area (Å²) in [6, 6.07) is 9.69. The molecule has 0 radical (unpaired) electrons. The maximum absolute atomic E-state index is 13.4. The molecule has 3 aromatic rings. The highest BCUT2D eigenvalue weighted by molar-refractivity contribution is 6.01. The zero-order valence-corrected chi connectivity index (χ0v) is 18.9. The maximum atomic E-state index is 13.4. The second-order valence-corrected chi connectivity index (χ2v) is 8.75. The third kappa shape index (κ3) is 3.70. The van der Waals surface area contributed by atoms with E-state index in [2.05, 4.69) is 19.8 Å². The van der Waals surface area contributed by atoms with Gasteiger partial charge in [0.25, 0.3) is 5.56 Å². The van der Waals surface area contributed by atoms with Crippen LogP contribution in [0.1, 0.15) is 36.5 Å². The minimum atomic E-state index is -3.71. The van der Waals surface area contributed by atoms with Crippen molar-refractivity contribution in [3.8, 4) is 22.8 Å². The second-order valence-electron chi connectivity index (χ2n) is 8.75. The third-order valence-electron chi connectivity index (χ3n) is 6.30. The highest BCUT2D eigenvalue weighted by Crippen LogP contribution is 2.52. The average Bonchev–Trinajstić information content (AvgIpc) is 3.53. The molecule has 5 rings (SSSR count). The van der Waals surface area contributed by atoms with Crippen molar-refractivity contribution in [2.45, 2.75) is 51.9 Å². The number of aryl methyl sites for hydroxylation is 3. The quantitative estimate of drug-likeness (QED) is 0.596. The van der Waals surface area contributed by atoms with E-state index in [4.69, 9.17) is 0 Å². The SMILES string of the molecule is CCn1cc(C)cc(-c2nc(NC(=O)C3(c4ccc5c(c4)OC(F)(F)O5)CC3)ccc2C)c1=O. The third-order valence-corrected chi connectivity index (χ3v) is 6.30. The number of fused-ring (bicyclic) bond motifs is 1. The summed E-state index contributed by atoms with van der Waals surface area (Å²) in [4.78, 5) is 30.7. The number of nitrogens with one attached hydrogen (secondary N) is 1. The van der Waals surface area contributed by atoms with Gasteiger partial charge in [0.1, 0.15) is 5.82 Å². The number of carbonyl (C=O) groups is 1. The first-order valence-corrected chi connectivity index (χ1v) is 11.0. The lowest BCUT2D eigenvalue weighted by atomic mass is 9.94. The van der Waals surface area contributed by atoms with Gasteiger partial charge >= 0.3 is 6.29 Å². The highest BCUT2D eigenvalue weighted by atomic mass is 19.3. The largest absolute Gasteiger partial charge is 0.586 e. The van der Waals surface area contributed by atoms with Gasteiger partial charge in [0.05, 0.1) is 16.7 Å². The van der Waals surface area contributed by atoms with Gasteiger partial charge in [0, 0.05) is 12.7 Å². The van der Waals surface area contributed by atoms with Gasteiger partial charge in [-0.3, -0.25) is 9.59 Å². The summed E-state index contributed by atoms with van der Waals surface area (Å²) in [6.07, 6.45) is -0.793. The Balaban J connectivity index is 1.44. The molecule has 1 saturated carbocycles. The Hall–Kier alpha value is -3.75. The first-order chi connectivity index (χ1) is 16.1. The van der Waals surface area contributed by atoms with Crippen molar-refractivity contribution < 1.29 is 23.0 Å². The summed E-state index contributed by atoms with van der Waals surface area (Å²) < 4.78 is 37.4.